The van der Waals surface area contributed by atoms with Crippen molar-refractivity contribution in [3.8, 4) is 5.75 Å². The molecule has 1 aromatic heterocycles. The Kier molecular flexibility index (Phi) is 2.70. The average molecular weight is 248 g/mol. The zero-order valence-electron chi connectivity index (χ0n) is 9.99. The number of aromatic nitrogens is 1. The summed E-state index contributed by atoms with van der Waals surface area (Å²) in [6, 6.07) is 3.06. The molecule has 0 aromatic carbocycles. The van der Waals surface area contributed by atoms with Gasteiger partial charge in [-0.2, -0.15) is 0 Å². The van der Waals surface area contributed by atoms with Crippen molar-refractivity contribution >= 4 is 5.91 Å². The Morgan fingerprint density at radius 1 is 1.39 bits per heavy atom. The first kappa shape index (κ1) is 11.5. The first-order valence-corrected chi connectivity index (χ1v) is 6.28. The van der Waals surface area contributed by atoms with Crippen LogP contribution in [0, 0.1) is 11.8 Å². The highest BCUT2D eigenvalue weighted by Crippen LogP contribution is 2.38. The summed E-state index contributed by atoms with van der Waals surface area (Å²) in [7, 11) is 0. The molecule has 0 bridgehead atoms. The van der Waals surface area contributed by atoms with Crippen LogP contribution < -0.4 is 0 Å². The number of pyridine rings is 1. The summed E-state index contributed by atoms with van der Waals surface area (Å²) in [5, 5.41) is 19.5. The molecule has 1 saturated carbocycles. The van der Waals surface area contributed by atoms with Gasteiger partial charge in [0.1, 0.15) is 5.75 Å². The molecule has 1 amide bonds. The lowest BCUT2D eigenvalue weighted by Gasteiger charge is -2.18. The molecule has 1 aromatic rings. The van der Waals surface area contributed by atoms with Crippen LogP contribution in [0.25, 0.3) is 0 Å². The van der Waals surface area contributed by atoms with Crippen molar-refractivity contribution in [1.29, 1.82) is 0 Å². The number of amides is 1. The highest BCUT2D eigenvalue weighted by Gasteiger charge is 2.43. The van der Waals surface area contributed by atoms with Crippen LogP contribution in [-0.4, -0.2) is 45.2 Å². The van der Waals surface area contributed by atoms with E-state index in [2.05, 4.69) is 4.98 Å². The zero-order chi connectivity index (χ0) is 12.7. The van der Waals surface area contributed by atoms with Gasteiger partial charge >= 0.3 is 0 Å². The predicted octanol–water partition coefficient (Wildman–Crippen LogP) is 0.630. The Labute approximate surface area is 105 Å². The van der Waals surface area contributed by atoms with Gasteiger partial charge in [-0.25, -0.2) is 4.98 Å². The number of carbonyl (C=O) groups excluding carboxylic acids is 1. The second-order valence-electron chi connectivity index (χ2n) is 5.15. The van der Waals surface area contributed by atoms with Crippen molar-refractivity contribution in [2.45, 2.75) is 18.9 Å². The van der Waals surface area contributed by atoms with Crippen molar-refractivity contribution in [1.82, 2.24) is 9.88 Å². The molecule has 2 heterocycles. The van der Waals surface area contributed by atoms with Gasteiger partial charge < -0.3 is 15.1 Å². The SMILES string of the molecule is O=C(c1ncccc1O)N1CC2CCC(O)C2C1. The van der Waals surface area contributed by atoms with Gasteiger partial charge in [-0.15, -0.1) is 0 Å². The quantitative estimate of drug-likeness (QED) is 0.764. The van der Waals surface area contributed by atoms with Crippen LogP contribution in [0.3, 0.4) is 0 Å². The summed E-state index contributed by atoms with van der Waals surface area (Å²) in [6.45, 7) is 1.23. The van der Waals surface area contributed by atoms with E-state index >= 15 is 0 Å². The Bertz CT molecular complexity index is 477. The summed E-state index contributed by atoms with van der Waals surface area (Å²) >= 11 is 0. The number of aliphatic hydroxyl groups excluding tert-OH is 1. The minimum Gasteiger partial charge on any atom is -0.505 e. The molecule has 18 heavy (non-hydrogen) atoms. The van der Waals surface area contributed by atoms with Gasteiger partial charge in [-0.3, -0.25) is 4.79 Å². The third kappa shape index (κ3) is 1.75. The van der Waals surface area contributed by atoms with E-state index < -0.39 is 0 Å². The van der Waals surface area contributed by atoms with Gasteiger partial charge in [0.2, 0.25) is 0 Å². The first-order chi connectivity index (χ1) is 8.66. The van der Waals surface area contributed by atoms with Gasteiger partial charge in [0.05, 0.1) is 6.10 Å². The topological polar surface area (TPSA) is 73.7 Å². The number of fused-ring (bicyclic) bond motifs is 1. The van der Waals surface area contributed by atoms with Crippen molar-refractivity contribution in [2.75, 3.05) is 13.1 Å². The molecule has 3 rings (SSSR count). The first-order valence-electron chi connectivity index (χ1n) is 6.28. The Morgan fingerprint density at radius 2 is 2.22 bits per heavy atom. The third-order valence-electron chi connectivity index (χ3n) is 4.10. The minimum absolute atomic E-state index is 0.0832. The van der Waals surface area contributed by atoms with Crippen LogP contribution >= 0.6 is 0 Å². The van der Waals surface area contributed by atoms with E-state index in [0.29, 0.717) is 19.0 Å². The largest absolute Gasteiger partial charge is 0.505 e. The number of carbonyl (C=O) groups is 1. The lowest BCUT2D eigenvalue weighted by atomic mass is 10.00. The van der Waals surface area contributed by atoms with Gasteiger partial charge in [0.15, 0.2) is 5.69 Å². The predicted molar refractivity (Wildman–Crippen MR) is 64.0 cm³/mol. The second-order valence-corrected chi connectivity index (χ2v) is 5.15. The van der Waals surface area contributed by atoms with Crippen molar-refractivity contribution in [3.63, 3.8) is 0 Å². The lowest BCUT2D eigenvalue weighted by Crippen LogP contribution is -2.31. The summed E-state index contributed by atoms with van der Waals surface area (Å²) in [5.74, 6) is 0.268. The van der Waals surface area contributed by atoms with E-state index in [1.807, 2.05) is 0 Å². The maximum absolute atomic E-state index is 12.2. The maximum Gasteiger partial charge on any atom is 0.276 e. The molecular weight excluding hydrogens is 232 g/mol. The molecule has 96 valence electrons. The monoisotopic (exact) mass is 248 g/mol. The summed E-state index contributed by atoms with van der Waals surface area (Å²) in [5.41, 5.74) is 0.104. The molecule has 5 heteroatoms. The Morgan fingerprint density at radius 3 is 2.94 bits per heavy atom. The van der Waals surface area contributed by atoms with E-state index in [4.69, 9.17) is 0 Å². The van der Waals surface area contributed by atoms with Crippen LogP contribution in [0.2, 0.25) is 0 Å². The molecule has 0 radical (unpaired) electrons. The fourth-order valence-corrected chi connectivity index (χ4v) is 3.11. The smallest absolute Gasteiger partial charge is 0.276 e. The van der Waals surface area contributed by atoms with Crippen LogP contribution in [0.5, 0.6) is 5.75 Å². The van der Waals surface area contributed by atoms with Crippen molar-refractivity contribution in [2.24, 2.45) is 11.8 Å². The molecule has 2 N–H and O–H groups in total. The van der Waals surface area contributed by atoms with Crippen LogP contribution in [0.1, 0.15) is 23.3 Å². The van der Waals surface area contributed by atoms with Crippen LogP contribution in [0.15, 0.2) is 18.3 Å². The van der Waals surface area contributed by atoms with Crippen LogP contribution in [-0.2, 0) is 0 Å². The highest BCUT2D eigenvalue weighted by molar-refractivity contribution is 5.95. The van der Waals surface area contributed by atoms with Crippen molar-refractivity contribution < 1.29 is 15.0 Å². The van der Waals surface area contributed by atoms with Crippen LogP contribution in [0.4, 0.5) is 0 Å². The molecule has 5 nitrogen and oxygen atoms in total. The number of nitrogens with zero attached hydrogens (tertiary/aromatic N) is 2. The molecule has 0 spiro atoms. The highest BCUT2D eigenvalue weighted by atomic mass is 16.3. The number of aliphatic hydroxyl groups is 1. The minimum atomic E-state index is -0.287. The van der Waals surface area contributed by atoms with Gasteiger partial charge in [-0.1, -0.05) is 0 Å². The van der Waals surface area contributed by atoms with Crippen molar-refractivity contribution in [3.05, 3.63) is 24.0 Å². The standard InChI is InChI=1S/C13H16N2O3/c16-10-4-3-8-6-15(7-9(8)10)13(18)12-11(17)2-1-5-14-12/h1-2,5,8-10,16-17H,3-4,6-7H2. The molecule has 3 atom stereocenters. The molecule has 1 saturated heterocycles. The van der Waals surface area contributed by atoms with Gasteiger partial charge in [0, 0.05) is 25.2 Å². The fourth-order valence-electron chi connectivity index (χ4n) is 3.11. The molecule has 2 fully saturated rings. The molecule has 2 aliphatic rings. The summed E-state index contributed by atoms with van der Waals surface area (Å²) in [4.78, 5) is 17.9. The fraction of sp³-hybridized carbons (Fsp3) is 0.538. The number of rotatable bonds is 1. The molecule has 1 aliphatic carbocycles. The molecular formula is C13H16N2O3. The summed E-state index contributed by atoms with van der Waals surface area (Å²) < 4.78 is 0. The average Bonchev–Trinajstić information content (AvgIpc) is 2.92. The lowest BCUT2D eigenvalue weighted by molar-refractivity contribution is 0.0743. The van der Waals surface area contributed by atoms with E-state index in [1.165, 1.54) is 12.3 Å². The van der Waals surface area contributed by atoms with E-state index in [9.17, 15) is 15.0 Å². The second kappa shape index (κ2) is 4.24. The number of hydrogen-bond donors (Lipinski definition) is 2. The van der Waals surface area contributed by atoms with E-state index in [1.54, 1.807) is 11.0 Å². The number of hydrogen-bond acceptors (Lipinski definition) is 4. The number of likely N-dealkylation sites (tertiary alicyclic amines) is 1. The third-order valence-corrected chi connectivity index (χ3v) is 4.10. The van der Waals surface area contributed by atoms with E-state index in [-0.39, 0.29) is 29.4 Å². The number of aromatic hydroxyl groups is 1. The Hall–Kier alpha value is -1.62. The molecule has 1 aliphatic heterocycles. The zero-order valence-corrected chi connectivity index (χ0v) is 9.99. The normalized spacial score (nSPS) is 30.5. The van der Waals surface area contributed by atoms with E-state index in [0.717, 1.165) is 12.8 Å². The summed E-state index contributed by atoms with van der Waals surface area (Å²) in [6.07, 6.45) is 3.03. The Balaban J connectivity index is 1.78. The van der Waals surface area contributed by atoms with Gasteiger partial charge in [-0.05, 0) is 30.9 Å². The molecule has 3 unspecified atom stereocenters. The maximum atomic E-state index is 12.2. The van der Waals surface area contributed by atoms with Gasteiger partial charge in [0.25, 0.3) is 5.91 Å².